The minimum Gasteiger partial charge on any atom is -0.368 e. The fraction of sp³-hybridized carbons (Fsp3) is 0.364. The van der Waals surface area contributed by atoms with Crippen molar-refractivity contribution in [1.29, 1.82) is 0 Å². The number of nitrogens with two attached hydrogens (primary N) is 1. The summed E-state index contributed by atoms with van der Waals surface area (Å²) in [5.74, 6) is -0.766. The second-order valence-corrected chi connectivity index (χ2v) is 6.62. The first-order valence-corrected chi connectivity index (χ1v) is 7.85. The van der Waals surface area contributed by atoms with Crippen LogP contribution in [0.4, 0.5) is 0 Å². The largest absolute Gasteiger partial charge is 0.368 e. The summed E-state index contributed by atoms with van der Waals surface area (Å²) in [5, 5.41) is 0. The molecule has 100 valence electrons. The molecule has 7 heteroatoms. The number of sulfonamides is 1. The van der Waals surface area contributed by atoms with Gasteiger partial charge in [0.2, 0.25) is 15.9 Å². The SMILES string of the molecule is CCCS(=O)(=O)N[C@@H](C(N)=O)c1cccc(Br)c1. The Morgan fingerprint density at radius 3 is 2.67 bits per heavy atom. The summed E-state index contributed by atoms with van der Waals surface area (Å²) in [4.78, 5) is 11.4. The Kier molecular flexibility index (Phi) is 5.30. The maximum Gasteiger partial charge on any atom is 0.240 e. The Morgan fingerprint density at radius 2 is 2.17 bits per heavy atom. The number of hydrogen-bond donors (Lipinski definition) is 2. The van der Waals surface area contributed by atoms with E-state index in [2.05, 4.69) is 20.7 Å². The Morgan fingerprint density at radius 1 is 1.50 bits per heavy atom. The van der Waals surface area contributed by atoms with Crippen molar-refractivity contribution in [2.24, 2.45) is 5.73 Å². The molecular formula is C11H15BrN2O3S. The predicted octanol–water partition coefficient (Wildman–Crippen LogP) is 1.30. The zero-order valence-corrected chi connectivity index (χ0v) is 12.3. The molecule has 1 rings (SSSR count). The van der Waals surface area contributed by atoms with E-state index in [0.29, 0.717) is 12.0 Å². The lowest BCUT2D eigenvalue weighted by Crippen LogP contribution is -2.38. The van der Waals surface area contributed by atoms with Crippen LogP contribution in [0.2, 0.25) is 0 Å². The van der Waals surface area contributed by atoms with Gasteiger partial charge in [0.05, 0.1) is 5.75 Å². The predicted molar refractivity (Wildman–Crippen MR) is 73.3 cm³/mol. The molecule has 0 aliphatic heterocycles. The van der Waals surface area contributed by atoms with Gasteiger partial charge in [-0.05, 0) is 24.1 Å². The lowest BCUT2D eigenvalue weighted by atomic mass is 10.1. The number of carbonyl (C=O) groups excluding carboxylic acids is 1. The molecule has 0 heterocycles. The van der Waals surface area contributed by atoms with Crippen LogP contribution in [0.5, 0.6) is 0 Å². The van der Waals surface area contributed by atoms with Crippen LogP contribution in [0.3, 0.4) is 0 Å². The van der Waals surface area contributed by atoms with Crippen molar-refractivity contribution in [3.63, 3.8) is 0 Å². The van der Waals surface area contributed by atoms with Crippen molar-refractivity contribution in [1.82, 2.24) is 4.72 Å². The van der Waals surface area contributed by atoms with Crippen molar-refractivity contribution < 1.29 is 13.2 Å². The third-order valence-electron chi connectivity index (χ3n) is 2.24. The van der Waals surface area contributed by atoms with Crippen LogP contribution in [-0.4, -0.2) is 20.1 Å². The van der Waals surface area contributed by atoms with Gasteiger partial charge in [0.1, 0.15) is 6.04 Å². The van der Waals surface area contributed by atoms with Gasteiger partial charge in [0, 0.05) is 4.47 Å². The molecule has 1 aromatic rings. The molecule has 1 amide bonds. The molecule has 1 aromatic carbocycles. The van der Waals surface area contributed by atoms with Crippen LogP contribution < -0.4 is 10.5 Å². The van der Waals surface area contributed by atoms with Gasteiger partial charge in [-0.15, -0.1) is 0 Å². The molecule has 1 atom stereocenters. The van der Waals surface area contributed by atoms with Gasteiger partial charge in [0.15, 0.2) is 0 Å². The maximum absolute atomic E-state index is 11.7. The van der Waals surface area contributed by atoms with Gasteiger partial charge >= 0.3 is 0 Å². The highest BCUT2D eigenvalue weighted by molar-refractivity contribution is 9.10. The number of benzene rings is 1. The molecule has 0 aromatic heterocycles. The number of carbonyl (C=O) groups is 1. The molecule has 3 N–H and O–H groups in total. The second kappa shape index (κ2) is 6.31. The van der Waals surface area contributed by atoms with Crippen molar-refractivity contribution in [3.8, 4) is 0 Å². The zero-order valence-electron chi connectivity index (χ0n) is 9.89. The van der Waals surface area contributed by atoms with Crippen molar-refractivity contribution in [2.75, 3.05) is 5.75 Å². The summed E-state index contributed by atoms with van der Waals surface area (Å²) in [7, 11) is -3.50. The van der Waals surface area contributed by atoms with Crippen LogP contribution in [0.1, 0.15) is 24.9 Å². The zero-order chi connectivity index (χ0) is 13.8. The molecule has 0 radical (unpaired) electrons. The summed E-state index contributed by atoms with van der Waals surface area (Å²) < 4.78 is 26.4. The monoisotopic (exact) mass is 334 g/mol. The Labute approximate surface area is 115 Å². The Bertz CT molecular complexity index is 531. The Balaban J connectivity index is 3.01. The van der Waals surface area contributed by atoms with Crippen molar-refractivity contribution in [2.45, 2.75) is 19.4 Å². The fourth-order valence-electron chi connectivity index (χ4n) is 1.48. The second-order valence-electron chi connectivity index (χ2n) is 3.83. The average molecular weight is 335 g/mol. The standard InChI is InChI=1S/C11H15BrN2O3S/c1-2-6-18(16,17)14-10(11(13)15)8-4-3-5-9(12)7-8/h3-5,7,10,14H,2,6H2,1H3,(H2,13,15)/t10-/m1/s1. The van der Waals surface area contributed by atoms with E-state index in [1.807, 2.05) is 0 Å². The normalized spacial score (nSPS) is 13.2. The lowest BCUT2D eigenvalue weighted by molar-refractivity contribution is -0.119. The van der Waals surface area contributed by atoms with Gasteiger partial charge < -0.3 is 5.73 Å². The number of rotatable bonds is 6. The number of primary amides is 1. The van der Waals surface area contributed by atoms with E-state index in [-0.39, 0.29) is 5.75 Å². The average Bonchev–Trinajstić information content (AvgIpc) is 2.25. The molecule has 0 aliphatic rings. The van der Waals surface area contributed by atoms with Gasteiger partial charge in [0.25, 0.3) is 0 Å². The van der Waals surface area contributed by atoms with E-state index in [0.717, 1.165) is 4.47 Å². The maximum atomic E-state index is 11.7. The third-order valence-corrected chi connectivity index (χ3v) is 4.27. The van der Waals surface area contributed by atoms with E-state index < -0.39 is 22.0 Å². The summed E-state index contributed by atoms with van der Waals surface area (Å²) in [6.45, 7) is 1.75. The van der Waals surface area contributed by atoms with Gasteiger partial charge in [-0.3, -0.25) is 4.79 Å². The van der Waals surface area contributed by atoms with Gasteiger partial charge in [-0.25, -0.2) is 8.42 Å². The number of amides is 1. The quantitative estimate of drug-likeness (QED) is 0.821. The van der Waals surface area contributed by atoms with Gasteiger partial charge in [-0.2, -0.15) is 4.72 Å². The fourth-order valence-corrected chi connectivity index (χ4v) is 3.17. The first-order chi connectivity index (χ1) is 8.35. The molecule has 5 nitrogen and oxygen atoms in total. The van der Waals surface area contributed by atoms with Crippen LogP contribution in [0.15, 0.2) is 28.7 Å². The Hall–Kier alpha value is -0.920. The number of hydrogen-bond acceptors (Lipinski definition) is 3. The van der Waals surface area contributed by atoms with Crippen LogP contribution >= 0.6 is 15.9 Å². The van der Waals surface area contributed by atoms with Crippen molar-refractivity contribution in [3.05, 3.63) is 34.3 Å². The molecule has 0 unspecified atom stereocenters. The highest BCUT2D eigenvalue weighted by Gasteiger charge is 2.23. The minimum absolute atomic E-state index is 0.0369. The van der Waals surface area contributed by atoms with E-state index in [4.69, 9.17) is 5.73 Å². The highest BCUT2D eigenvalue weighted by atomic mass is 79.9. The minimum atomic E-state index is -3.50. The third kappa shape index (κ3) is 4.40. The summed E-state index contributed by atoms with van der Waals surface area (Å²) >= 11 is 3.26. The number of halogens is 1. The highest BCUT2D eigenvalue weighted by Crippen LogP contribution is 2.19. The van der Waals surface area contributed by atoms with Crippen molar-refractivity contribution >= 4 is 31.9 Å². The molecule has 0 spiro atoms. The first kappa shape index (κ1) is 15.1. The van der Waals surface area contributed by atoms with E-state index in [1.54, 1.807) is 31.2 Å². The molecule has 0 saturated heterocycles. The van der Waals surface area contributed by atoms with Crippen LogP contribution in [-0.2, 0) is 14.8 Å². The summed E-state index contributed by atoms with van der Waals surface area (Å²) in [6, 6.07) is 5.75. The molecule has 0 bridgehead atoms. The van der Waals surface area contributed by atoms with E-state index in [9.17, 15) is 13.2 Å². The van der Waals surface area contributed by atoms with E-state index in [1.165, 1.54) is 0 Å². The topological polar surface area (TPSA) is 89.3 Å². The molecule has 0 saturated carbocycles. The lowest BCUT2D eigenvalue weighted by Gasteiger charge is -2.16. The molecule has 0 fully saturated rings. The summed E-state index contributed by atoms with van der Waals surface area (Å²) in [6.07, 6.45) is 0.472. The van der Waals surface area contributed by atoms with E-state index >= 15 is 0 Å². The molecule has 18 heavy (non-hydrogen) atoms. The van der Waals surface area contributed by atoms with Crippen LogP contribution in [0, 0.1) is 0 Å². The summed E-state index contributed by atoms with van der Waals surface area (Å²) in [5.41, 5.74) is 5.75. The number of nitrogens with one attached hydrogen (secondary N) is 1. The smallest absolute Gasteiger partial charge is 0.240 e. The molecular weight excluding hydrogens is 320 g/mol. The molecule has 0 aliphatic carbocycles. The van der Waals surface area contributed by atoms with Gasteiger partial charge in [-0.1, -0.05) is 35.0 Å². The first-order valence-electron chi connectivity index (χ1n) is 5.40. The van der Waals surface area contributed by atoms with Crippen LogP contribution in [0.25, 0.3) is 0 Å².